The Hall–Kier alpha value is -1.96. The molecule has 1 saturated heterocycles. The lowest BCUT2D eigenvalue weighted by Crippen LogP contribution is -2.39. The summed E-state index contributed by atoms with van der Waals surface area (Å²) in [6.07, 6.45) is -2.42. The Labute approximate surface area is 139 Å². The summed E-state index contributed by atoms with van der Waals surface area (Å²) >= 11 is 0. The summed E-state index contributed by atoms with van der Waals surface area (Å²) in [7, 11) is 1.52. The number of rotatable bonds is 6. The number of hydrogen-bond acceptors (Lipinski definition) is 8. The molecular formula is C15H21N3O6. The molecule has 2 heterocycles. The zero-order chi connectivity index (χ0) is 17.7. The highest BCUT2D eigenvalue weighted by molar-refractivity contribution is 5.48. The van der Waals surface area contributed by atoms with E-state index >= 15 is 0 Å². The van der Waals surface area contributed by atoms with E-state index in [0.717, 1.165) is 4.57 Å². The molecule has 4 atom stereocenters. The Morgan fingerprint density at radius 3 is 2.88 bits per heavy atom. The fourth-order valence-electron chi connectivity index (χ4n) is 2.44. The minimum atomic E-state index is -1.11. The summed E-state index contributed by atoms with van der Waals surface area (Å²) in [6.45, 7) is 1.71. The van der Waals surface area contributed by atoms with E-state index in [0.29, 0.717) is 12.2 Å². The number of ether oxygens (including phenoxy) is 3. The second-order valence-electron chi connectivity index (χ2n) is 5.17. The van der Waals surface area contributed by atoms with Crippen LogP contribution in [-0.2, 0) is 14.2 Å². The molecule has 0 amide bonds. The van der Waals surface area contributed by atoms with Gasteiger partial charge in [-0.15, -0.1) is 5.92 Å². The third-order valence-corrected chi connectivity index (χ3v) is 3.61. The van der Waals surface area contributed by atoms with Crippen LogP contribution in [0.15, 0.2) is 11.0 Å². The van der Waals surface area contributed by atoms with Crippen LogP contribution in [0.25, 0.3) is 0 Å². The minimum absolute atomic E-state index is 0.0136. The molecule has 1 aromatic rings. The molecule has 0 bridgehead atoms. The topological polar surface area (TPSA) is 129 Å². The second kappa shape index (κ2) is 8.23. The molecule has 132 valence electrons. The average Bonchev–Trinajstić information content (AvgIpc) is 2.87. The van der Waals surface area contributed by atoms with Gasteiger partial charge in [-0.1, -0.05) is 5.92 Å². The fourth-order valence-corrected chi connectivity index (χ4v) is 2.44. The van der Waals surface area contributed by atoms with Crippen LogP contribution in [0, 0.1) is 11.8 Å². The van der Waals surface area contributed by atoms with Gasteiger partial charge >= 0.3 is 5.69 Å². The van der Waals surface area contributed by atoms with E-state index in [4.69, 9.17) is 19.9 Å². The van der Waals surface area contributed by atoms with Crippen molar-refractivity contribution in [2.24, 2.45) is 0 Å². The highest BCUT2D eigenvalue weighted by Gasteiger charge is 2.45. The van der Waals surface area contributed by atoms with Gasteiger partial charge in [0.15, 0.2) is 6.23 Å². The lowest BCUT2D eigenvalue weighted by atomic mass is 10.1. The van der Waals surface area contributed by atoms with E-state index in [1.807, 2.05) is 0 Å². The van der Waals surface area contributed by atoms with Crippen molar-refractivity contribution in [3.05, 3.63) is 22.2 Å². The van der Waals surface area contributed by atoms with Crippen LogP contribution in [0.2, 0.25) is 0 Å². The number of nitrogen functional groups attached to an aromatic ring is 1. The number of hydrogen-bond donors (Lipinski definition) is 3. The summed E-state index contributed by atoms with van der Waals surface area (Å²) in [4.78, 5) is 15.9. The summed E-state index contributed by atoms with van der Waals surface area (Å²) < 4.78 is 17.2. The molecule has 0 saturated carbocycles. The van der Waals surface area contributed by atoms with Crippen molar-refractivity contribution in [3.63, 3.8) is 0 Å². The van der Waals surface area contributed by atoms with Crippen LogP contribution in [0.1, 0.15) is 18.7 Å². The van der Waals surface area contributed by atoms with Crippen molar-refractivity contribution >= 4 is 5.82 Å². The van der Waals surface area contributed by atoms with E-state index in [1.165, 1.54) is 13.3 Å². The highest BCUT2D eigenvalue weighted by Crippen LogP contribution is 2.31. The maximum absolute atomic E-state index is 12.2. The normalized spacial score (nSPS) is 26.2. The van der Waals surface area contributed by atoms with Gasteiger partial charge in [-0.25, -0.2) is 4.79 Å². The standard InChI is InChI=1S/C15H21N3O6/c1-3-4-9-7-18(15(21)17-13(9)16)14-12(23-6-5-22-2)11(20)10(8-19)24-14/h7,10-12,14,19-20H,5-6,8H2,1-2H3,(H2,16,17,21)/t10-,11?,12?,14-/m1/s1. The van der Waals surface area contributed by atoms with E-state index in [9.17, 15) is 15.0 Å². The first-order chi connectivity index (χ1) is 11.5. The predicted molar refractivity (Wildman–Crippen MR) is 84.1 cm³/mol. The van der Waals surface area contributed by atoms with E-state index in [-0.39, 0.29) is 12.4 Å². The molecule has 9 nitrogen and oxygen atoms in total. The van der Waals surface area contributed by atoms with Gasteiger partial charge in [-0.3, -0.25) is 4.57 Å². The van der Waals surface area contributed by atoms with Crippen molar-refractivity contribution in [3.8, 4) is 11.8 Å². The summed E-state index contributed by atoms with van der Waals surface area (Å²) in [5.74, 6) is 5.44. The molecule has 0 aromatic carbocycles. The number of aliphatic hydroxyl groups is 2. The van der Waals surface area contributed by atoms with E-state index in [1.54, 1.807) is 6.92 Å². The SMILES string of the molecule is CC#Cc1cn([C@@H]2O[C@H](CO)C(O)C2OCCOC)c(=O)nc1N. The first-order valence-corrected chi connectivity index (χ1v) is 7.39. The smallest absolute Gasteiger partial charge is 0.351 e. The Balaban J connectivity index is 2.37. The monoisotopic (exact) mass is 339 g/mol. The van der Waals surface area contributed by atoms with Crippen LogP contribution >= 0.6 is 0 Å². The summed E-state index contributed by atoms with van der Waals surface area (Å²) in [5.41, 5.74) is 5.38. The van der Waals surface area contributed by atoms with Crippen molar-refractivity contribution in [2.75, 3.05) is 32.7 Å². The first kappa shape index (κ1) is 18.4. The highest BCUT2D eigenvalue weighted by atomic mass is 16.6. The molecule has 4 N–H and O–H groups in total. The van der Waals surface area contributed by atoms with Gasteiger partial charge < -0.3 is 30.2 Å². The van der Waals surface area contributed by atoms with Gasteiger partial charge in [-0.05, 0) is 6.92 Å². The molecule has 0 aliphatic carbocycles. The number of aromatic nitrogens is 2. The molecule has 0 spiro atoms. The third kappa shape index (κ3) is 3.75. The van der Waals surface area contributed by atoms with Crippen LogP contribution in [0.4, 0.5) is 5.82 Å². The van der Waals surface area contributed by atoms with Gasteiger partial charge in [0.25, 0.3) is 0 Å². The van der Waals surface area contributed by atoms with Crippen molar-refractivity contribution < 1.29 is 24.4 Å². The minimum Gasteiger partial charge on any atom is -0.394 e. The third-order valence-electron chi connectivity index (χ3n) is 3.61. The quantitative estimate of drug-likeness (QED) is 0.421. The molecule has 1 aliphatic rings. The predicted octanol–water partition coefficient (Wildman–Crippen LogP) is -1.52. The van der Waals surface area contributed by atoms with Crippen LogP contribution in [-0.4, -0.2) is 65.0 Å². The maximum atomic E-state index is 12.2. The lowest BCUT2D eigenvalue weighted by molar-refractivity contribution is -0.0819. The van der Waals surface area contributed by atoms with E-state index in [2.05, 4.69) is 16.8 Å². The molecule has 1 fully saturated rings. The van der Waals surface area contributed by atoms with Gasteiger partial charge in [0.05, 0.1) is 25.4 Å². The number of methoxy groups -OCH3 is 1. The molecule has 1 aromatic heterocycles. The fraction of sp³-hybridized carbons (Fsp3) is 0.600. The summed E-state index contributed by atoms with van der Waals surface area (Å²) in [5, 5.41) is 19.6. The molecule has 0 radical (unpaired) electrons. The first-order valence-electron chi connectivity index (χ1n) is 7.39. The Bertz CT molecular complexity index is 680. The lowest BCUT2D eigenvalue weighted by Gasteiger charge is -2.22. The molecule has 2 unspecified atom stereocenters. The van der Waals surface area contributed by atoms with Gasteiger partial charge in [0.2, 0.25) is 0 Å². The van der Waals surface area contributed by atoms with Gasteiger partial charge in [0.1, 0.15) is 24.1 Å². The zero-order valence-electron chi connectivity index (χ0n) is 13.5. The molecule has 9 heteroatoms. The van der Waals surface area contributed by atoms with Crippen molar-refractivity contribution in [1.82, 2.24) is 9.55 Å². The molecule has 24 heavy (non-hydrogen) atoms. The van der Waals surface area contributed by atoms with Crippen molar-refractivity contribution in [2.45, 2.75) is 31.5 Å². The van der Waals surface area contributed by atoms with Crippen LogP contribution in [0.5, 0.6) is 0 Å². The van der Waals surface area contributed by atoms with E-state index < -0.39 is 36.8 Å². The molecule has 1 aliphatic heterocycles. The molecule has 2 rings (SSSR count). The Morgan fingerprint density at radius 2 is 2.25 bits per heavy atom. The second-order valence-corrected chi connectivity index (χ2v) is 5.17. The largest absolute Gasteiger partial charge is 0.394 e. The Morgan fingerprint density at radius 1 is 1.50 bits per heavy atom. The summed E-state index contributed by atoms with van der Waals surface area (Å²) in [6, 6.07) is 0. The number of aliphatic hydroxyl groups excluding tert-OH is 2. The van der Waals surface area contributed by atoms with Gasteiger partial charge in [0, 0.05) is 13.3 Å². The average molecular weight is 339 g/mol. The molecular weight excluding hydrogens is 318 g/mol. The van der Waals surface area contributed by atoms with Crippen LogP contribution in [0.3, 0.4) is 0 Å². The Kier molecular flexibility index (Phi) is 6.30. The van der Waals surface area contributed by atoms with Crippen molar-refractivity contribution in [1.29, 1.82) is 0 Å². The number of anilines is 1. The number of nitrogens with zero attached hydrogens (tertiary/aromatic N) is 2. The van der Waals surface area contributed by atoms with Gasteiger partial charge in [-0.2, -0.15) is 4.98 Å². The number of nitrogens with two attached hydrogens (primary N) is 1. The maximum Gasteiger partial charge on any atom is 0.351 e. The zero-order valence-corrected chi connectivity index (χ0v) is 13.5. The van der Waals surface area contributed by atoms with Crippen LogP contribution < -0.4 is 11.4 Å².